The van der Waals surface area contributed by atoms with Gasteiger partial charge in [-0.25, -0.2) is 0 Å². The number of carbonyl (C=O) groups excluding carboxylic acids is 2. The molecule has 9 heteroatoms. The predicted octanol–water partition coefficient (Wildman–Crippen LogP) is 6.29. The van der Waals surface area contributed by atoms with Gasteiger partial charge in [0.2, 0.25) is 0 Å². The monoisotopic (exact) mass is 567 g/mol. The summed E-state index contributed by atoms with van der Waals surface area (Å²) in [5.74, 6) is -0.308. The molecule has 0 radical (unpaired) electrons. The zero-order valence-electron chi connectivity index (χ0n) is 19.8. The van der Waals surface area contributed by atoms with Crippen molar-refractivity contribution in [2.24, 2.45) is 0 Å². The number of nitriles is 1. The average molecular weight is 569 g/mol. The summed E-state index contributed by atoms with van der Waals surface area (Å²) < 4.78 is 11.6. The Balaban J connectivity index is 1.76. The molecule has 0 aliphatic carbocycles. The molecular weight excluding hydrogens is 546 g/mol. The largest absolute Gasteiger partial charge is 0.493 e. The van der Waals surface area contributed by atoms with E-state index < -0.39 is 5.91 Å². The van der Waals surface area contributed by atoms with Crippen LogP contribution in [0.4, 0.5) is 11.4 Å². The third-order valence-electron chi connectivity index (χ3n) is 5.06. The van der Waals surface area contributed by atoms with Crippen LogP contribution in [0, 0.1) is 25.2 Å². The van der Waals surface area contributed by atoms with Crippen LogP contribution in [0.5, 0.6) is 11.5 Å². The van der Waals surface area contributed by atoms with Crippen molar-refractivity contribution in [2.75, 3.05) is 24.4 Å². The van der Waals surface area contributed by atoms with Crippen molar-refractivity contribution in [2.45, 2.75) is 13.8 Å². The minimum absolute atomic E-state index is 0.134. The molecule has 3 aromatic rings. The lowest BCUT2D eigenvalue weighted by Crippen LogP contribution is -2.21. The number of anilines is 2. The topological polar surface area (TPSA) is 100 Å². The molecule has 0 spiro atoms. The molecule has 3 aromatic carbocycles. The van der Waals surface area contributed by atoms with E-state index >= 15 is 0 Å². The number of hydrogen-bond donors (Lipinski definition) is 2. The lowest BCUT2D eigenvalue weighted by Gasteiger charge is -2.14. The first-order chi connectivity index (χ1) is 17.2. The van der Waals surface area contributed by atoms with Crippen LogP contribution in [0.25, 0.3) is 6.08 Å². The summed E-state index contributed by atoms with van der Waals surface area (Å²) in [6, 6.07) is 17.7. The number of hydrogen-bond acceptors (Lipinski definition) is 5. The summed E-state index contributed by atoms with van der Waals surface area (Å²) in [6.45, 7) is 3.61. The highest BCUT2D eigenvalue weighted by atomic mass is 79.9. The molecule has 2 amide bonds. The number of rotatable bonds is 8. The van der Waals surface area contributed by atoms with Gasteiger partial charge in [-0.05, 0) is 82.9 Å². The van der Waals surface area contributed by atoms with Crippen LogP contribution in [0.2, 0.25) is 5.02 Å². The second kappa shape index (κ2) is 12.2. The van der Waals surface area contributed by atoms with Gasteiger partial charge >= 0.3 is 0 Å². The van der Waals surface area contributed by atoms with Gasteiger partial charge in [-0.3, -0.25) is 9.59 Å². The van der Waals surface area contributed by atoms with Crippen LogP contribution in [0.1, 0.15) is 16.7 Å². The fraction of sp³-hybridized carbons (Fsp3) is 0.148. The van der Waals surface area contributed by atoms with E-state index in [2.05, 4.69) is 26.6 Å². The van der Waals surface area contributed by atoms with E-state index in [1.807, 2.05) is 38.1 Å². The molecule has 0 saturated heterocycles. The van der Waals surface area contributed by atoms with Crippen molar-refractivity contribution >= 4 is 56.8 Å². The highest BCUT2D eigenvalue weighted by Gasteiger charge is 2.16. The van der Waals surface area contributed by atoms with Crippen molar-refractivity contribution in [1.82, 2.24) is 0 Å². The van der Waals surface area contributed by atoms with E-state index in [-0.39, 0.29) is 18.1 Å². The molecule has 0 heterocycles. The molecule has 0 aromatic heterocycles. The summed E-state index contributed by atoms with van der Waals surface area (Å²) in [5.41, 5.74) is 3.46. The maximum atomic E-state index is 12.6. The van der Waals surface area contributed by atoms with E-state index in [9.17, 15) is 14.9 Å². The van der Waals surface area contributed by atoms with Gasteiger partial charge in [-0.15, -0.1) is 0 Å². The number of carbonyl (C=O) groups is 2. The SMILES string of the molecule is COc1cc(/C=C(\C#N)C(=O)Nc2ccccc2Cl)cc(Br)c1OCC(=O)Nc1cc(C)ccc1C. The third kappa shape index (κ3) is 6.87. The first kappa shape index (κ1) is 26.8. The van der Waals surface area contributed by atoms with Crippen LogP contribution in [0.3, 0.4) is 0 Å². The Morgan fingerprint density at radius 3 is 2.53 bits per heavy atom. The maximum absolute atomic E-state index is 12.6. The first-order valence-corrected chi connectivity index (χ1v) is 11.9. The van der Waals surface area contributed by atoms with Gasteiger partial charge in [-0.2, -0.15) is 5.26 Å². The minimum atomic E-state index is -0.607. The summed E-state index contributed by atoms with van der Waals surface area (Å²) in [5, 5.41) is 15.4. The van der Waals surface area contributed by atoms with Crippen molar-refractivity contribution in [3.8, 4) is 17.6 Å². The Labute approximate surface area is 222 Å². The Morgan fingerprint density at radius 2 is 1.83 bits per heavy atom. The van der Waals surface area contributed by atoms with E-state index in [0.717, 1.165) is 11.1 Å². The van der Waals surface area contributed by atoms with Gasteiger partial charge < -0.3 is 20.1 Å². The zero-order chi connectivity index (χ0) is 26.2. The van der Waals surface area contributed by atoms with Crippen LogP contribution < -0.4 is 20.1 Å². The molecule has 2 N–H and O–H groups in total. The average Bonchev–Trinajstić information content (AvgIpc) is 2.85. The number of para-hydroxylation sites is 1. The normalized spacial score (nSPS) is 10.8. The predicted molar refractivity (Wildman–Crippen MR) is 144 cm³/mol. The van der Waals surface area contributed by atoms with Crippen molar-refractivity contribution in [3.05, 3.63) is 86.4 Å². The summed E-state index contributed by atoms with van der Waals surface area (Å²) in [4.78, 5) is 25.1. The van der Waals surface area contributed by atoms with Gasteiger partial charge in [0.1, 0.15) is 11.6 Å². The van der Waals surface area contributed by atoms with Crippen molar-refractivity contribution in [3.63, 3.8) is 0 Å². The minimum Gasteiger partial charge on any atom is -0.493 e. The maximum Gasteiger partial charge on any atom is 0.266 e. The smallest absolute Gasteiger partial charge is 0.266 e. The van der Waals surface area contributed by atoms with Gasteiger partial charge in [-0.1, -0.05) is 35.9 Å². The molecule has 7 nitrogen and oxygen atoms in total. The number of nitrogens with zero attached hydrogens (tertiary/aromatic N) is 1. The summed E-state index contributed by atoms with van der Waals surface area (Å²) >= 11 is 9.51. The molecule has 0 saturated carbocycles. The molecule has 0 aliphatic rings. The Morgan fingerprint density at radius 1 is 1.08 bits per heavy atom. The van der Waals surface area contributed by atoms with Gasteiger partial charge in [0.25, 0.3) is 11.8 Å². The van der Waals surface area contributed by atoms with E-state index in [4.69, 9.17) is 21.1 Å². The fourth-order valence-electron chi connectivity index (χ4n) is 3.23. The third-order valence-corrected chi connectivity index (χ3v) is 5.98. The van der Waals surface area contributed by atoms with Gasteiger partial charge in [0.05, 0.1) is 22.3 Å². The molecule has 0 bridgehead atoms. The van der Waals surface area contributed by atoms with Crippen LogP contribution in [-0.2, 0) is 9.59 Å². The second-order valence-electron chi connectivity index (χ2n) is 7.79. The van der Waals surface area contributed by atoms with Gasteiger partial charge in [0.15, 0.2) is 18.1 Å². The number of amides is 2. The highest BCUT2D eigenvalue weighted by Crippen LogP contribution is 2.37. The standard InChI is InChI=1S/C27H23BrClN3O4/c1-16-8-9-17(2)23(10-16)31-25(33)15-36-26-20(28)12-18(13-24(26)35-3)11-19(14-30)27(34)32-22-7-5-4-6-21(22)29/h4-13H,15H2,1-3H3,(H,31,33)(H,32,34)/b19-11+. The number of nitrogens with one attached hydrogen (secondary N) is 2. The van der Waals surface area contributed by atoms with Gasteiger partial charge in [0, 0.05) is 5.69 Å². The second-order valence-corrected chi connectivity index (χ2v) is 9.05. The Kier molecular flexibility index (Phi) is 9.12. The van der Waals surface area contributed by atoms with Crippen molar-refractivity contribution < 1.29 is 19.1 Å². The lowest BCUT2D eigenvalue weighted by atomic mass is 10.1. The zero-order valence-corrected chi connectivity index (χ0v) is 22.2. The number of ether oxygens (including phenoxy) is 2. The van der Waals surface area contributed by atoms with Crippen LogP contribution in [-0.4, -0.2) is 25.5 Å². The molecule has 0 fully saturated rings. The molecule has 3 rings (SSSR count). The summed E-state index contributed by atoms with van der Waals surface area (Å²) in [7, 11) is 1.45. The molecule has 184 valence electrons. The molecular formula is C27H23BrClN3O4. The number of benzene rings is 3. The lowest BCUT2D eigenvalue weighted by molar-refractivity contribution is -0.118. The molecule has 0 aliphatic heterocycles. The Bertz CT molecular complexity index is 1380. The summed E-state index contributed by atoms with van der Waals surface area (Å²) in [6.07, 6.45) is 1.41. The van der Waals surface area contributed by atoms with Crippen LogP contribution >= 0.6 is 27.5 Å². The van der Waals surface area contributed by atoms with Crippen molar-refractivity contribution in [1.29, 1.82) is 5.26 Å². The number of methoxy groups -OCH3 is 1. The molecule has 36 heavy (non-hydrogen) atoms. The fourth-order valence-corrected chi connectivity index (χ4v) is 3.98. The first-order valence-electron chi connectivity index (χ1n) is 10.8. The van der Waals surface area contributed by atoms with E-state index in [1.165, 1.54) is 13.2 Å². The van der Waals surface area contributed by atoms with Crippen LogP contribution in [0.15, 0.2) is 64.6 Å². The quantitative estimate of drug-likeness (QED) is 0.246. The number of aryl methyl sites for hydroxylation is 2. The highest BCUT2D eigenvalue weighted by molar-refractivity contribution is 9.10. The number of halogens is 2. The Hall–Kier alpha value is -3.80. The van der Waals surface area contributed by atoms with E-state index in [1.54, 1.807) is 36.4 Å². The van der Waals surface area contributed by atoms with E-state index in [0.29, 0.717) is 37.9 Å². The molecule has 0 atom stereocenters. The molecule has 0 unspecified atom stereocenters.